The molecule has 1 spiro atoms. The van der Waals surface area contributed by atoms with Crippen LogP contribution in [0.1, 0.15) is 19.3 Å². The molecule has 11 nitrogen and oxygen atoms in total. The molecule has 2 aromatic heterocycles. The number of anilines is 1. The minimum Gasteiger partial charge on any atom is -0.353 e. The van der Waals surface area contributed by atoms with Crippen LogP contribution in [-0.4, -0.2) is 90.0 Å². The number of nitrogens with one attached hydrogen (secondary N) is 1. The number of carbonyl (C=O) groups excluding carboxylic acids is 1. The summed E-state index contributed by atoms with van der Waals surface area (Å²) in [6.07, 6.45) is 4.84. The highest BCUT2D eigenvalue weighted by molar-refractivity contribution is 7.91. The van der Waals surface area contributed by atoms with Crippen LogP contribution in [0.3, 0.4) is 0 Å². The monoisotopic (exact) mass is 468 g/mol. The number of carbonyl (C=O) groups is 1. The zero-order chi connectivity index (χ0) is 22.0. The first-order chi connectivity index (χ1) is 14.6. The number of sulfone groups is 1. The molecule has 13 heteroatoms. The number of piperazine rings is 1. The molecule has 1 atom stereocenters. The molecule has 2 aromatic rings. The van der Waals surface area contributed by atoms with E-state index < -0.39 is 37.4 Å². The van der Waals surface area contributed by atoms with Gasteiger partial charge < -0.3 is 9.88 Å². The molecule has 0 bridgehead atoms. The van der Waals surface area contributed by atoms with Gasteiger partial charge in [-0.3, -0.25) is 4.79 Å². The Labute approximate surface area is 180 Å². The van der Waals surface area contributed by atoms with Gasteiger partial charge in [-0.05, 0) is 25.3 Å². The molecule has 3 fully saturated rings. The highest BCUT2D eigenvalue weighted by atomic mass is 32.2. The van der Waals surface area contributed by atoms with Crippen molar-refractivity contribution in [2.75, 3.05) is 43.1 Å². The lowest BCUT2D eigenvalue weighted by molar-refractivity contribution is -0.129. The number of H-pyrrole nitrogens is 1. The molecule has 1 N–H and O–H groups in total. The number of rotatable bonds is 4. The maximum absolute atomic E-state index is 13.3. The fraction of sp³-hybridized carbons (Fsp3) is 0.611. The maximum Gasteiger partial charge on any atom is 0.306 e. The maximum atomic E-state index is 13.3. The van der Waals surface area contributed by atoms with E-state index in [1.807, 2.05) is 6.07 Å². The molecule has 0 aromatic carbocycles. The summed E-state index contributed by atoms with van der Waals surface area (Å²) in [5.74, 6) is -1.05. The van der Waals surface area contributed by atoms with Crippen molar-refractivity contribution in [3.63, 3.8) is 0 Å². The lowest BCUT2D eigenvalue weighted by atomic mass is 10.1. The number of fused-ring (bicyclic) bond motifs is 1. The van der Waals surface area contributed by atoms with Crippen LogP contribution in [0.4, 0.5) is 5.82 Å². The summed E-state index contributed by atoms with van der Waals surface area (Å²) in [7, 11) is -6.11. The van der Waals surface area contributed by atoms with Crippen LogP contribution in [0, 0.1) is 5.92 Å². The van der Waals surface area contributed by atoms with Crippen molar-refractivity contribution in [1.29, 1.82) is 0 Å². The Morgan fingerprint density at radius 1 is 1.29 bits per heavy atom. The number of amides is 1. The number of nitrogens with zero attached hydrogens (tertiary/aromatic N) is 5. The Bertz CT molecular complexity index is 1250. The molecule has 1 unspecified atom stereocenters. The Balaban J connectivity index is 1.37. The minimum absolute atomic E-state index is 0.0769. The average Bonchev–Trinajstić information content (AvgIpc) is 3.14. The second kappa shape index (κ2) is 6.87. The van der Waals surface area contributed by atoms with Crippen LogP contribution < -0.4 is 4.90 Å². The van der Waals surface area contributed by atoms with E-state index in [2.05, 4.69) is 19.9 Å². The van der Waals surface area contributed by atoms with E-state index in [1.165, 1.54) is 17.7 Å². The molecule has 5 rings (SSSR count). The summed E-state index contributed by atoms with van der Waals surface area (Å²) >= 11 is 0. The molecular weight excluding hydrogens is 444 g/mol. The summed E-state index contributed by atoms with van der Waals surface area (Å²) in [6.45, 7) is 1.13. The highest BCUT2D eigenvalue weighted by Gasteiger charge is 2.57. The van der Waals surface area contributed by atoms with E-state index >= 15 is 0 Å². The number of aromatic nitrogens is 3. The van der Waals surface area contributed by atoms with Gasteiger partial charge in [-0.2, -0.15) is 12.7 Å². The van der Waals surface area contributed by atoms with E-state index in [4.69, 9.17) is 0 Å². The fourth-order valence-electron chi connectivity index (χ4n) is 4.67. The molecule has 168 valence electrons. The van der Waals surface area contributed by atoms with E-state index in [0.717, 1.165) is 21.2 Å². The molecule has 1 aliphatic carbocycles. The predicted octanol–water partition coefficient (Wildman–Crippen LogP) is -0.250. The van der Waals surface area contributed by atoms with Gasteiger partial charge in [0.15, 0.2) is 9.84 Å². The Morgan fingerprint density at radius 3 is 2.74 bits per heavy atom. The molecule has 1 amide bonds. The summed E-state index contributed by atoms with van der Waals surface area (Å²) in [5.41, 5.74) is 0.141. The van der Waals surface area contributed by atoms with Crippen LogP contribution in [0.15, 0.2) is 18.6 Å². The molecule has 4 heterocycles. The molecule has 0 radical (unpaired) electrons. The number of hydrogen-bond acceptors (Lipinski definition) is 8. The lowest BCUT2D eigenvalue weighted by Crippen LogP contribution is -2.60. The first kappa shape index (κ1) is 20.6. The van der Waals surface area contributed by atoms with Gasteiger partial charge in [0.05, 0.1) is 28.3 Å². The van der Waals surface area contributed by atoms with Gasteiger partial charge in [-0.15, -0.1) is 0 Å². The first-order valence-electron chi connectivity index (χ1n) is 10.2. The standard InChI is InChI=1S/C18H24N6O5S2/c1-22(17(25)13-3-9-30(26,27)10-13)31(28,29)24-8-7-23(11-18(24)4-5-18)16-14-2-6-19-15(14)20-12-21-16/h2,6,12-13H,3-5,7-11H2,1H3,(H,19,20,21). The van der Waals surface area contributed by atoms with Crippen LogP contribution in [0.2, 0.25) is 0 Å². The van der Waals surface area contributed by atoms with Gasteiger partial charge in [-0.1, -0.05) is 0 Å². The molecule has 2 saturated heterocycles. The zero-order valence-electron chi connectivity index (χ0n) is 17.1. The van der Waals surface area contributed by atoms with Crippen molar-refractivity contribution in [2.45, 2.75) is 24.8 Å². The Morgan fingerprint density at radius 2 is 2.06 bits per heavy atom. The smallest absolute Gasteiger partial charge is 0.306 e. The topological polar surface area (TPSA) is 137 Å². The third-order valence-electron chi connectivity index (χ3n) is 6.56. The molecular formula is C18H24N6O5S2. The van der Waals surface area contributed by atoms with Gasteiger partial charge in [0.25, 0.3) is 0 Å². The SMILES string of the molecule is CN(C(=O)C1CCS(=O)(=O)C1)S(=O)(=O)N1CCN(c2ncnc3[nH]ccc23)CC12CC2. The van der Waals surface area contributed by atoms with Crippen molar-refractivity contribution < 1.29 is 21.6 Å². The van der Waals surface area contributed by atoms with Crippen LogP contribution in [-0.2, 0) is 24.8 Å². The second-order valence-corrected chi connectivity index (χ2v) is 12.7. The van der Waals surface area contributed by atoms with Crippen LogP contribution in [0.25, 0.3) is 11.0 Å². The quantitative estimate of drug-likeness (QED) is 0.649. The van der Waals surface area contributed by atoms with Crippen LogP contribution in [0.5, 0.6) is 0 Å². The number of hydrogen-bond donors (Lipinski definition) is 1. The Kier molecular flexibility index (Phi) is 4.58. The second-order valence-electron chi connectivity index (χ2n) is 8.57. The van der Waals surface area contributed by atoms with E-state index in [0.29, 0.717) is 25.9 Å². The summed E-state index contributed by atoms with van der Waals surface area (Å²) in [4.78, 5) is 26.5. The summed E-state index contributed by atoms with van der Waals surface area (Å²) < 4.78 is 52.3. The van der Waals surface area contributed by atoms with Crippen molar-refractivity contribution in [2.24, 2.45) is 5.92 Å². The minimum atomic E-state index is -4.06. The van der Waals surface area contributed by atoms with Gasteiger partial charge in [0.2, 0.25) is 5.91 Å². The molecule has 31 heavy (non-hydrogen) atoms. The van der Waals surface area contributed by atoms with Crippen molar-refractivity contribution >= 4 is 42.8 Å². The zero-order valence-corrected chi connectivity index (χ0v) is 18.7. The van der Waals surface area contributed by atoms with E-state index in [9.17, 15) is 21.6 Å². The third-order valence-corrected chi connectivity index (χ3v) is 10.3. The third kappa shape index (κ3) is 3.38. The van der Waals surface area contributed by atoms with Gasteiger partial charge in [-0.25, -0.2) is 22.7 Å². The van der Waals surface area contributed by atoms with Crippen molar-refractivity contribution in [3.05, 3.63) is 18.6 Å². The largest absolute Gasteiger partial charge is 0.353 e. The molecule has 2 aliphatic heterocycles. The Hall–Kier alpha value is -2.25. The number of aromatic amines is 1. The summed E-state index contributed by atoms with van der Waals surface area (Å²) in [5, 5.41) is 0.879. The van der Waals surface area contributed by atoms with E-state index in [1.54, 1.807) is 6.20 Å². The molecule has 3 aliphatic rings. The molecule has 1 saturated carbocycles. The van der Waals surface area contributed by atoms with Crippen molar-refractivity contribution in [1.82, 2.24) is 23.6 Å². The first-order valence-corrected chi connectivity index (χ1v) is 13.4. The van der Waals surface area contributed by atoms with E-state index in [-0.39, 0.29) is 24.5 Å². The highest BCUT2D eigenvalue weighted by Crippen LogP contribution is 2.47. The van der Waals surface area contributed by atoms with Gasteiger partial charge >= 0.3 is 10.2 Å². The fourth-order valence-corrected chi connectivity index (χ4v) is 8.12. The van der Waals surface area contributed by atoms with Gasteiger partial charge in [0.1, 0.15) is 17.8 Å². The predicted molar refractivity (Wildman–Crippen MR) is 113 cm³/mol. The average molecular weight is 469 g/mol. The lowest BCUT2D eigenvalue weighted by Gasteiger charge is -2.43. The van der Waals surface area contributed by atoms with Gasteiger partial charge in [0, 0.05) is 32.9 Å². The summed E-state index contributed by atoms with van der Waals surface area (Å²) in [6, 6.07) is 1.90. The van der Waals surface area contributed by atoms with Crippen molar-refractivity contribution in [3.8, 4) is 0 Å². The van der Waals surface area contributed by atoms with Crippen LogP contribution >= 0.6 is 0 Å². The normalized spacial score (nSPS) is 25.2.